The van der Waals surface area contributed by atoms with Crippen LogP contribution in [0.3, 0.4) is 0 Å². The van der Waals surface area contributed by atoms with Gasteiger partial charge in [0.25, 0.3) is 0 Å². The molecule has 2 amide bonds. The van der Waals surface area contributed by atoms with Crippen LogP contribution in [0.1, 0.15) is 44.9 Å². The monoisotopic (exact) mass is 359 g/mol. The Morgan fingerprint density at radius 2 is 1.92 bits per heavy atom. The largest absolute Gasteiger partial charge is 0.493 e. The van der Waals surface area contributed by atoms with Crippen molar-refractivity contribution >= 4 is 11.8 Å². The van der Waals surface area contributed by atoms with Crippen molar-refractivity contribution in [3.63, 3.8) is 0 Å². The Morgan fingerprint density at radius 1 is 1.19 bits per heavy atom. The Kier molecular flexibility index (Phi) is 4.51. The molecule has 1 aromatic carbocycles. The maximum absolute atomic E-state index is 12.6. The molecule has 1 aliphatic carbocycles. The van der Waals surface area contributed by atoms with Crippen LogP contribution in [0.4, 0.5) is 0 Å². The highest BCUT2D eigenvalue weighted by molar-refractivity contribution is 5.98. The van der Waals surface area contributed by atoms with E-state index >= 15 is 0 Å². The average Bonchev–Trinajstić information content (AvgIpc) is 3.07. The van der Waals surface area contributed by atoms with Crippen molar-refractivity contribution in [2.75, 3.05) is 20.3 Å². The number of hydrogen-bond acceptors (Lipinski definition) is 5. The molecule has 0 bridgehead atoms. The highest BCUT2D eigenvalue weighted by Crippen LogP contribution is 2.47. The second-order valence-corrected chi connectivity index (χ2v) is 7.63. The highest BCUT2D eigenvalue weighted by atomic mass is 16.6. The van der Waals surface area contributed by atoms with Gasteiger partial charge >= 0.3 is 0 Å². The molecule has 4 rings (SSSR count). The van der Waals surface area contributed by atoms with Gasteiger partial charge in [-0.1, -0.05) is 18.9 Å². The summed E-state index contributed by atoms with van der Waals surface area (Å²) in [4.78, 5) is 26.5. The minimum atomic E-state index is -0.207. The van der Waals surface area contributed by atoms with Crippen molar-refractivity contribution in [2.45, 2.75) is 51.0 Å². The number of amides is 2. The fraction of sp³-hybridized carbons (Fsp3) is 0.600. The zero-order valence-corrected chi connectivity index (χ0v) is 15.2. The van der Waals surface area contributed by atoms with E-state index in [0.29, 0.717) is 49.7 Å². The van der Waals surface area contributed by atoms with Crippen LogP contribution in [0, 0.1) is 5.41 Å². The van der Waals surface area contributed by atoms with E-state index in [2.05, 4.69) is 0 Å². The Bertz CT molecular complexity index is 676. The Balaban J connectivity index is 1.37. The molecule has 2 aliphatic heterocycles. The lowest BCUT2D eigenvalue weighted by atomic mass is 9.76. The molecule has 1 saturated carbocycles. The number of carbonyl (C=O) groups is 2. The van der Waals surface area contributed by atoms with Crippen molar-refractivity contribution in [3.8, 4) is 17.2 Å². The topological polar surface area (TPSA) is 65.1 Å². The van der Waals surface area contributed by atoms with Crippen LogP contribution in [0.2, 0.25) is 0 Å². The smallest absolute Gasteiger partial charge is 0.229 e. The molecule has 2 heterocycles. The third-order valence-electron chi connectivity index (χ3n) is 5.87. The maximum atomic E-state index is 12.6. The lowest BCUT2D eigenvalue weighted by Gasteiger charge is -2.38. The summed E-state index contributed by atoms with van der Waals surface area (Å²) >= 11 is 0. The number of benzene rings is 1. The van der Waals surface area contributed by atoms with Crippen LogP contribution in [0.25, 0.3) is 0 Å². The lowest BCUT2D eigenvalue weighted by molar-refractivity contribution is -0.153. The number of carbonyl (C=O) groups excluding carboxylic acids is 2. The van der Waals surface area contributed by atoms with E-state index in [1.807, 2.05) is 18.2 Å². The predicted molar refractivity (Wildman–Crippen MR) is 94.4 cm³/mol. The quantitative estimate of drug-likeness (QED) is 0.774. The lowest BCUT2D eigenvalue weighted by Crippen LogP contribution is -2.48. The molecule has 2 fully saturated rings. The van der Waals surface area contributed by atoms with Crippen molar-refractivity contribution in [3.05, 3.63) is 18.2 Å². The van der Waals surface area contributed by atoms with E-state index in [1.165, 1.54) is 4.90 Å². The van der Waals surface area contributed by atoms with E-state index in [4.69, 9.17) is 14.2 Å². The van der Waals surface area contributed by atoms with Gasteiger partial charge in [0.05, 0.1) is 7.11 Å². The number of piperidine rings is 1. The number of rotatable bonds is 4. The molecule has 1 atom stereocenters. The van der Waals surface area contributed by atoms with Crippen molar-refractivity contribution in [2.24, 2.45) is 5.41 Å². The van der Waals surface area contributed by atoms with Crippen LogP contribution in [-0.4, -0.2) is 43.1 Å². The van der Waals surface area contributed by atoms with Crippen molar-refractivity contribution in [1.29, 1.82) is 0 Å². The molecule has 140 valence electrons. The predicted octanol–water partition coefficient (Wildman–Crippen LogP) is 2.93. The fourth-order valence-corrected chi connectivity index (χ4v) is 4.45. The first kappa shape index (κ1) is 17.2. The molecular weight excluding hydrogens is 334 g/mol. The van der Waals surface area contributed by atoms with Gasteiger partial charge in [-0.2, -0.15) is 0 Å². The van der Waals surface area contributed by atoms with E-state index in [0.717, 1.165) is 25.7 Å². The molecule has 1 saturated heterocycles. The van der Waals surface area contributed by atoms with Crippen molar-refractivity contribution in [1.82, 2.24) is 4.90 Å². The fourth-order valence-electron chi connectivity index (χ4n) is 4.45. The van der Waals surface area contributed by atoms with E-state index in [9.17, 15) is 9.59 Å². The van der Waals surface area contributed by atoms with E-state index in [1.54, 1.807) is 7.11 Å². The third kappa shape index (κ3) is 3.13. The number of imide groups is 1. The van der Waals surface area contributed by atoms with Crippen LogP contribution < -0.4 is 14.2 Å². The SMILES string of the molecule is COc1cccc2c1OC(CCN1C(=O)CC3(CCCC3)CC1=O)CO2. The molecule has 1 aromatic rings. The summed E-state index contributed by atoms with van der Waals surface area (Å²) in [7, 11) is 1.59. The molecule has 1 unspecified atom stereocenters. The van der Waals surface area contributed by atoms with Gasteiger partial charge in [-0.25, -0.2) is 0 Å². The summed E-state index contributed by atoms with van der Waals surface area (Å²) in [5.74, 6) is 1.82. The number of methoxy groups -OCH3 is 1. The van der Waals surface area contributed by atoms with E-state index in [-0.39, 0.29) is 23.3 Å². The van der Waals surface area contributed by atoms with Gasteiger partial charge in [-0.05, 0) is 30.4 Å². The average molecular weight is 359 g/mol. The van der Waals surface area contributed by atoms with Gasteiger partial charge < -0.3 is 14.2 Å². The third-order valence-corrected chi connectivity index (χ3v) is 5.87. The molecule has 6 heteroatoms. The normalized spacial score (nSPS) is 24.2. The van der Waals surface area contributed by atoms with Gasteiger partial charge in [0, 0.05) is 25.8 Å². The number of fused-ring (bicyclic) bond motifs is 1. The van der Waals surface area contributed by atoms with Crippen LogP contribution >= 0.6 is 0 Å². The van der Waals surface area contributed by atoms with Gasteiger partial charge in [0.1, 0.15) is 12.7 Å². The molecule has 0 aromatic heterocycles. The standard InChI is InChI=1S/C20H25NO5/c1-24-15-5-4-6-16-19(15)26-14(13-25-16)7-10-21-17(22)11-20(12-18(21)23)8-2-3-9-20/h4-6,14H,2-3,7-13H2,1H3. The minimum Gasteiger partial charge on any atom is -0.493 e. The maximum Gasteiger partial charge on any atom is 0.229 e. The minimum absolute atomic E-state index is 0.0298. The summed E-state index contributed by atoms with van der Waals surface area (Å²) in [5.41, 5.74) is -0.0541. The summed E-state index contributed by atoms with van der Waals surface area (Å²) in [6.07, 6.45) is 5.66. The van der Waals surface area contributed by atoms with Gasteiger partial charge in [-0.3, -0.25) is 14.5 Å². The molecule has 26 heavy (non-hydrogen) atoms. The summed E-state index contributed by atoms with van der Waals surface area (Å²) < 4.78 is 17.1. The molecule has 0 N–H and O–H groups in total. The second kappa shape index (κ2) is 6.82. The second-order valence-electron chi connectivity index (χ2n) is 7.63. The number of ether oxygens (including phenoxy) is 3. The van der Waals surface area contributed by atoms with Gasteiger partial charge in [0.2, 0.25) is 17.6 Å². The Morgan fingerprint density at radius 3 is 2.62 bits per heavy atom. The molecule has 0 radical (unpaired) electrons. The number of hydrogen-bond donors (Lipinski definition) is 0. The Hall–Kier alpha value is -2.24. The molecule has 1 spiro atoms. The highest BCUT2D eigenvalue weighted by Gasteiger charge is 2.45. The van der Waals surface area contributed by atoms with Crippen molar-refractivity contribution < 1.29 is 23.8 Å². The first-order valence-corrected chi connectivity index (χ1v) is 9.40. The first-order chi connectivity index (χ1) is 12.6. The summed E-state index contributed by atoms with van der Waals surface area (Å²) in [6.45, 7) is 0.784. The van der Waals surface area contributed by atoms with E-state index < -0.39 is 0 Å². The summed E-state index contributed by atoms with van der Waals surface area (Å²) in [5, 5.41) is 0. The molecule has 6 nitrogen and oxygen atoms in total. The molecule has 3 aliphatic rings. The molecular formula is C20H25NO5. The van der Waals surface area contributed by atoms with Crippen LogP contribution in [0.5, 0.6) is 17.2 Å². The first-order valence-electron chi connectivity index (χ1n) is 9.40. The zero-order chi connectivity index (χ0) is 18.1. The number of nitrogens with zero attached hydrogens (tertiary/aromatic N) is 1. The van der Waals surface area contributed by atoms with Gasteiger partial charge in [0.15, 0.2) is 11.5 Å². The zero-order valence-electron chi connectivity index (χ0n) is 15.2. The van der Waals surface area contributed by atoms with Gasteiger partial charge in [-0.15, -0.1) is 0 Å². The van der Waals surface area contributed by atoms with Crippen LogP contribution in [0.15, 0.2) is 18.2 Å². The number of likely N-dealkylation sites (tertiary alicyclic amines) is 1. The Labute approximate surface area is 153 Å². The van der Waals surface area contributed by atoms with Crippen LogP contribution in [-0.2, 0) is 9.59 Å². The number of para-hydroxylation sites is 1. The summed E-state index contributed by atoms with van der Waals surface area (Å²) in [6, 6.07) is 5.52.